The Morgan fingerprint density at radius 2 is 1.72 bits per heavy atom. The molecular weight excluding hydrogens is 350 g/mol. The largest absolute Gasteiger partial charge is 0.346 e. The highest BCUT2D eigenvalue weighted by atomic mass is 35.5. The van der Waals surface area contributed by atoms with Crippen LogP contribution in [0, 0.1) is 11.6 Å². The van der Waals surface area contributed by atoms with Gasteiger partial charge in [-0.15, -0.1) is 0 Å². The predicted molar refractivity (Wildman–Crippen MR) is 90.4 cm³/mol. The third-order valence-electron chi connectivity index (χ3n) is 4.19. The fourth-order valence-electron chi connectivity index (χ4n) is 2.65. The summed E-state index contributed by atoms with van der Waals surface area (Å²) in [6.07, 6.45) is 1.40. The van der Waals surface area contributed by atoms with E-state index in [1.807, 2.05) is 0 Å². The number of anilines is 1. The zero-order valence-electron chi connectivity index (χ0n) is 13.1. The van der Waals surface area contributed by atoms with Crippen molar-refractivity contribution in [3.05, 3.63) is 64.7 Å². The lowest BCUT2D eigenvalue weighted by molar-refractivity contribution is -0.126. The van der Waals surface area contributed by atoms with Gasteiger partial charge in [0.05, 0.1) is 12.0 Å². The molecule has 0 bridgehead atoms. The smallest absolute Gasteiger partial charge is 0.243 e. The zero-order valence-corrected chi connectivity index (χ0v) is 13.9. The second-order valence-electron chi connectivity index (χ2n) is 5.95. The van der Waals surface area contributed by atoms with Crippen molar-refractivity contribution < 1.29 is 18.4 Å². The van der Waals surface area contributed by atoms with Crippen LogP contribution in [0.2, 0.25) is 5.02 Å². The highest BCUT2D eigenvalue weighted by Crippen LogP contribution is 2.48. The van der Waals surface area contributed by atoms with Gasteiger partial charge in [0.15, 0.2) is 11.6 Å². The average Bonchev–Trinajstić information content (AvgIpc) is 3.38. The summed E-state index contributed by atoms with van der Waals surface area (Å²) in [4.78, 5) is 24.3. The topological polar surface area (TPSA) is 58.2 Å². The Morgan fingerprint density at radius 3 is 2.32 bits per heavy atom. The molecule has 0 radical (unpaired) electrons. The Labute approximate surface area is 148 Å². The number of benzene rings is 2. The molecule has 3 rings (SSSR count). The molecule has 1 saturated carbocycles. The van der Waals surface area contributed by atoms with Gasteiger partial charge < -0.3 is 10.6 Å². The fraction of sp³-hybridized carbons (Fsp3) is 0.222. The number of hydrogen-bond donors (Lipinski definition) is 2. The summed E-state index contributed by atoms with van der Waals surface area (Å²) in [5.74, 6) is -2.81. The maximum absolute atomic E-state index is 13.1. The molecule has 0 unspecified atom stereocenters. The van der Waals surface area contributed by atoms with Crippen molar-refractivity contribution in [2.24, 2.45) is 0 Å². The molecule has 0 heterocycles. The molecule has 7 heteroatoms. The van der Waals surface area contributed by atoms with Crippen LogP contribution in [0.3, 0.4) is 0 Å². The van der Waals surface area contributed by atoms with Gasteiger partial charge >= 0.3 is 0 Å². The molecule has 0 atom stereocenters. The second kappa shape index (κ2) is 6.80. The van der Waals surface area contributed by atoms with E-state index >= 15 is 0 Å². The lowest BCUT2D eigenvalue weighted by Gasteiger charge is -2.16. The van der Waals surface area contributed by atoms with E-state index in [-0.39, 0.29) is 18.1 Å². The molecule has 0 aromatic heterocycles. The van der Waals surface area contributed by atoms with Crippen LogP contribution in [0.5, 0.6) is 0 Å². The van der Waals surface area contributed by atoms with Crippen LogP contribution in [0.1, 0.15) is 18.4 Å². The van der Waals surface area contributed by atoms with Gasteiger partial charge in [0.25, 0.3) is 0 Å². The summed E-state index contributed by atoms with van der Waals surface area (Å²) in [7, 11) is 0. The number of halogens is 3. The third kappa shape index (κ3) is 3.79. The molecule has 0 saturated heterocycles. The van der Waals surface area contributed by atoms with Crippen LogP contribution in [0.4, 0.5) is 14.5 Å². The Bertz CT molecular complexity index is 820. The summed E-state index contributed by atoms with van der Waals surface area (Å²) < 4.78 is 26.0. The molecule has 25 heavy (non-hydrogen) atoms. The first-order chi connectivity index (χ1) is 11.9. The van der Waals surface area contributed by atoms with Gasteiger partial charge in [-0.1, -0.05) is 23.7 Å². The molecule has 2 aromatic rings. The van der Waals surface area contributed by atoms with Crippen LogP contribution in [-0.4, -0.2) is 18.4 Å². The maximum atomic E-state index is 13.1. The monoisotopic (exact) mass is 364 g/mol. The minimum atomic E-state index is -1.05. The zero-order chi connectivity index (χ0) is 18.0. The number of carbonyl (C=O) groups excluding carboxylic acids is 2. The molecule has 130 valence electrons. The van der Waals surface area contributed by atoms with Crippen molar-refractivity contribution in [1.29, 1.82) is 0 Å². The quantitative estimate of drug-likeness (QED) is 0.854. The first-order valence-corrected chi connectivity index (χ1v) is 8.08. The van der Waals surface area contributed by atoms with Gasteiger partial charge in [-0.25, -0.2) is 8.78 Å². The van der Waals surface area contributed by atoms with Crippen molar-refractivity contribution >= 4 is 29.1 Å². The maximum Gasteiger partial charge on any atom is 0.243 e. The van der Waals surface area contributed by atoms with Crippen LogP contribution in [-0.2, 0) is 15.0 Å². The van der Waals surface area contributed by atoms with Crippen LogP contribution in [0.25, 0.3) is 0 Å². The number of hydrogen-bond acceptors (Lipinski definition) is 2. The molecule has 0 aliphatic heterocycles. The van der Waals surface area contributed by atoms with Gasteiger partial charge in [0.2, 0.25) is 11.8 Å². The molecule has 2 N–H and O–H groups in total. The number of carbonyl (C=O) groups is 2. The fourth-order valence-corrected chi connectivity index (χ4v) is 2.78. The predicted octanol–water partition coefficient (Wildman–Crippen LogP) is 3.40. The van der Waals surface area contributed by atoms with E-state index in [4.69, 9.17) is 11.6 Å². The van der Waals surface area contributed by atoms with Crippen LogP contribution in [0.15, 0.2) is 42.5 Å². The van der Waals surface area contributed by atoms with E-state index in [0.29, 0.717) is 17.9 Å². The van der Waals surface area contributed by atoms with Gasteiger partial charge in [0, 0.05) is 16.8 Å². The van der Waals surface area contributed by atoms with E-state index in [2.05, 4.69) is 10.6 Å². The average molecular weight is 365 g/mol. The number of amides is 2. The minimum absolute atomic E-state index is 0.122. The molecule has 1 fully saturated rings. The van der Waals surface area contributed by atoms with E-state index in [0.717, 1.165) is 17.7 Å². The van der Waals surface area contributed by atoms with Crippen molar-refractivity contribution in [3.8, 4) is 0 Å². The summed E-state index contributed by atoms with van der Waals surface area (Å²) >= 11 is 5.86. The third-order valence-corrected chi connectivity index (χ3v) is 4.45. The van der Waals surface area contributed by atoms with Gasteiger partial charge in [-0.3, -0.25) is 9.59 Å². The summed E-state index contributed by atoms with van der Waals surface area (Å²) in [5, 5.41) is 5.59. The van der Waals surface area contributed by atoms with Crippen LogP contribution >= 0.6 is 11.6 Å². The molecule has 0 spiro atoms. The Morgan fingerprint density at radius 1 is 1.04 bits per heavy atom. The van der Waals surface area contributed by atoms with Crippen LogP contribution < -0.4 is 10.6 Å². The first-order valence-electron chi connectivity index (χ1n) is 7.70. The van der Waals surface area contributed by atoms with E-state index in [9.17, 15) is 18.4 Å². The molecule has 2 aromatic carbocycles. The molecule has 4 nitrogen and oxygen atoms in total. The van der Waals surface area contributed by atoms with Gasteiger partial charge in [0.1, 0.15) is 0 Å². The lowest BCUT2D eigenvalue weighted by Crippen LogP contribution is -2.39. The molecule has 1 aliphatic rings. The van der Waals surface area contributed by atoms with Gasteiger partial charge in [-0.2, -0.15) is 0 Å². The highest BCUT2D eigenvalue weighted by Gasteiger charge is 2.51. The normalized spacial score (nSPS) is 14.7. The van der Waals surface area contributed by atoms with E-state index in [1.165, 1.54) is 6.07 Å². The highest BCUT2D eigenvalue weighted by molar-refractivity contribution is 6.30. The minimum Gasteiger partial charge on any atom is -0.346 e. The van der Waals surface area contributed by atoms with Crippen molar-refractivity contribution in [1.82, 2.24) is 5.32 Å². The summed E-state index contributed by atoms with van der Waals surface area (Å²) in [6.45, 7) is -0.257. The Balaban J connectivity index is 1.57. The molecule has 2 amide bonds. The van der Waals surface area contributed by atoms with Crippen molar-refractivity contribution in [2.75, 3.05) is 11.9 Å². The summed E-state index contributed by atoms with van der Waals surface area (Å²) in [6, 6.07) is 10.1. The van der Waals surface area contributed by atoms with Crippen molar-refractivity contribution in [3.63, 3.8) is 0 Å². The van der Waals surface area contributed by atoms with E-state index < -0.39 is 23.0 Å². The SMILES string of the molecule is O=C(CNC(=O)C1(c2ccc(Cl)cc2)CC1)Nc1ccc(F)c(F)c1. The Hall–Kier alpha value is -2.47. The first kappa shape index (κ1) is 17.4. The lowest BCUT2D eigenvalue weighted by atomic mass is 9.95. The standard InChI is InChI=1S/C18H15ClF2N2O2/c19-12-3-1-11(2-4-12)18(7-8-18)17(25)22-10-16(24)23-13-5-6-14(20)15(21)9-13/h1-6,9H,7-8,10H2,(H,22,25)(H,23,24). The molecular formula is C18H15ClF2N2O2. The Kier molecular flexibility index (Phi) is 4.72. The van der Waals surface area contributed by atoms with Gasteiger partial charge in [-0.05, 0) is 42.7 Å². The summed E-state index contributed by atoms with van der Waals surface area (Å²) in [5.41, 5.74) is 0.361. The van der Waals surface area contributed by atoms with E-state index in [1.54, 1.807) is 24.3 Å². The number of rotatable bonds is 5. The molecule has 1 aliphatic carbocycles. The van der Waals surface area contributed by atoms with Crippen molar-refractivity contribution in [2.45, 2.75) is 18.3 Å². The second-order valence-corrected chi connectivity index (χ2v) is 6.39. The number of nitrogens with one attached hydrogen (secondary N) is 2.